The lowest BCUT2D eigenvalue weighted by Crippen LogP contribution is -2.32. The molecule has 1 saturated heterocycles. The van der Waals surface area contributed by atoms with E-state index in [0.29, 0.717) is 6.04 Å². The minimum atomic E-state index is -0.174. The summed E-state index contributed by atoms with van der Waals surface area (Å²) >= 11 is 0. The van der Waals surface area contributed by atoms with Crippen LogP contribution in [0.4, 0.5) is 5.69 Å². The lowest BCUT2D eigenvalue weighted by molar-refractivity contribution is 0.131. The summed E-state index contributed by atoms with van der Waals surface area (Å²) < 4.78 is 6.04. The number of ether oxygens (including phenoxy) is 1. The molecule has 3 nitrogen and oxygen atoms in total. The van der Waals surface area contributed by atoms with Gasteiger partial charge >= 0.3 is 0 Å². The van der Waals surface area contributed by atoms with E-state index < -0.39 is 0 Å². The van der Waals surface area contributed by atoms with Crippen LogP contribution in [0.25, 0.3) is 0 Å². The Kier molecular flexibility index (Phi) is 6.26. The molecule has 30 heavy (non-hydrogen) atoms. The van der Waals surface area contributed by atoms with Crippen LogP contribution in [0.5, 0.6) is 5.75 Å². The van der Waals surface area contributed by atoms with E-state index in [1.165, 1.54) is 49.1 Å². The molecule has 1 atom stereocenters. The zero-order chi connectivity index (χ0) is 21.1. The van der Waals surface area contributed by atoms with Gasteiger partial charge in [-0.3, -0.25) is 0 Å². The summed E-state index contributed by atoms with van der Waals surface area (Å²) in [4.78, 5) is 2.45. The molecule has 1 saturated carbocycles. The fourth-order valence-corrected chi connectivity index (χ4v) is 4.79. The van der Waals surface area contributed by atoms with E-state index in [4.69, 9.17) is 4.74 Å². The second-order valence-corrected chi connectivity index (χ2v) is 10.3. The van der Waals surface area contributed by atoms with Gasteiger partial charge in [-0.05, 0) is 70.9 Å². The highest BCUT2D eigenvalue weighted by Crippen LogP contribution is 2.38. The van der Waals surface area contributed by atoms with Crippen LogP contribution in [0.3, 0.4) is 0 Å². The first-order valence-electron chi connectivity index (χ1n) is 11.7. The number of benzene rings is 1. The molecule has 2 fully saturated rings. The molecule has 1 aromatic carbocycles. The third kappa shape index (κ3) is 5.50. The smallest absolute Gasteiger partial charge is 0.122 e. The maximum atomic E-state index is 6.04. The summed E-state index contributed by atoms with van der Waals surface area (Å²) in [5.41, 5.74) is 5.45. The van der Waals surface area contributed by atoms with Crippen LogP contribution >= 0.6 is 0 Å². The number of anilines is 1. The Labute approximate surface area is 182 Å². The maximum absolute atomic E-state index is 6.04. The van der Waals surface area contributed by atoms with E-state index in [1.54, 1.807) is 5.57 Å². The van der Waals surface area contributed by atoms with Crippen molar-refractivity contribution in [2.24, 2.45) is 5.92 Å². The van der Waals surface area contributed by atoms with E-state index in [0.717, 1.165) is 37.6 Å². The number of hydrogen-bond donors (Lipinski definition) is 1. The van der Waals surface area contributed by atoms with Crippen LogP contribution in [0.2, 0.25) is 0 Å². The van der Waals surface area contributed by atoms with Crippen molar-refractivity contribution in [1.82, 2.24) is 5.32 Å². The number of nitrogens with zero attached hydrogens (tertiary/aromatic N) is 1. The van der Waals surface area contributed by atoms with E-state index in [-0.39, 0.29) is 5.60 Å². The minimum Gasteiger partial charge on any atom is -0.488 e. The van der Waals surface area contributed by atoms with Crippen LogP contribution in [-0.2, 0) is 0 Å². The first kappa shape index (κ1) is 21.1. The van der Waals surface area contributed by atoms with Crippen molar-refractivity contribution in [3.8, 4) is 5.75 Å². The van der Waals surface area contributed by atoms with Crippen LogP contribution in [0, 0.1) is 5.92 Å². The SMILES string of the molecule is C=C(CC1=CC=C(C2CCC2)CC1)N[C@@H]1CCN(c2cccc(OC(C)(C)C)c2)C1. The maximum Gasteiger partial charge on any atom is 0.122 e. The van der Waals surface area contributed by atoms with Crippen molar-refractivity contribution in [2.75, 3.05) is 18.0 Å². The largest absolute Gasteiger partial charge is 0.488 e. The molecule has 0 unspecified atom stereocenters. The second-order valence-electron chi connectivity index (χ2n) is 10.3. The van der Waals surface area contributed by atoms with Crippen molar-refractivity contribution >= 4 is 5.69 Å². The molecular weight excluding hydrogens is 368 g/mol. The Morgan fingerprint density at radius 3 is 2.67 bits per heavy atom. The second kappa shape index (κ2) is 8.91. The summed E-state index contributed by atoms with van der Waals surface area (Å²) in [7, 11) is 0. The van der Waals surface area contributed by atoms with Gasteiger partial charge in [0.05, 0.1) is 0 Å². The van der Waals surface area contributed by atoms with Gasteiger partial charge in [-0.2, -0.15) is 0 Å². The van der Waals surface area contributed by atoms with Crippen molar-refractivity contribution in [1.29, 1.82) is 0 Å². The Morgan fingerprint density at radius 2 is 2.00 bits per heavy atom. The van der Waals surface area contributed by atoms with E-state index in [2.05, 4.69) is 67.9 Å². The highest BCUT2D eigenvalue weighted by Gasteiger charge is 2.25. The van der Waals surface area contributed by atoms with Crippen molar-refractivity contribution < 1.29 is 4.74 Å². The van der Waals surface area contributed by atoms with Crippen molar-refractivity contribution in [3.63, 3.8) is 0 Å². The van der Waals surface area contributed by atoms with Crippen LogP contribution in [0.1, 0.15) is 65.7 Å². The van der Waals surface area contributed by atoms with Gasteiger partial charge in [-0.15, -0.1) is 0 Å². The van der Waals surface area contributed by atoms with Gasteiger partial charge in [-0.1, -0.05) is 42.4 Å². The first-order valence-corrected chi connectivity index (χ1v) is 11.7. The van der Waals surface area contributed by atoms with E-state index >= 15 is 0 Å². The molecule has 1 heterocycles. The van der Waals surface area contributed by atoms with Crippen LogP contribution < -0.4 is 15.0 Å². The van der Waals surface area contributed by atoms with Gasteiger partial charge in [0.1, 0.15) is 11.4 Å². The average Bonchev–Trinajstić information content (AvgIpc) is 3.09. The van der Waals surface area contributed by atoms with Crippen molar-refractivity contribution in [2.45, 2.75) is 77.4 Å². The molecule has 0 spiro atoms. The minimum absolute atomic E-state index is 0.174. The molecule has 0 radical (unpaired) electrons. The number of rotatable bonds is 7. The molecule has 3 aliphatic rings. The molecule has 3 heteroatoms. The van der Waals surface area contributed by atoms with Gasteiger partial charge in [0.15, 0.2) is 0 Å². The summed E-state index contributed by atoms with van der Waals surface area (Å²) in [5, 5.41) is 3.71. The van der Waals surface area contributed by atoms with Gasteiger partial charge in [-0.25, -0.2) is 0 Å². The zero-order valence-corrected chi connectivity index (χ0v) is 19.0. The quantitative estimate of drug-likeness (QED) is 0.568. The fourth-order valence-electron chi connectivity index (χ4n) is 4.79. The summed E-state index contributed by atoms with van der Waals surface area (Å²) in [6.07, 6.45) is 13.6. The molecule has 1 N–H and O–H groups in total. The van der Waals surface area contributed by atoms with E-state index in [9.17, 15) is 0 Å². The third-order valence-electron chi connectivity index (χ3n) is 6.54. The summed E-state index contributed by atoms with van der Waals surface area (Å²) in [6, 6.07) is 8.96. The van der Waals surface area contributed by atoms with Gasteiger partial charge in [0.25, 0.3) is 0 Å². The standard InChI is InChI=1S/C27H38N2O/c1-20(17-21-11-13-23(14-12-21)22-7-5-8-22)28-24-15-16-29(19-24)25-9-6-10-26(18-25)30-27(2,3)4/h6,9-11,13,18,22,24,28H,1,5,7-8,12,14-17,19H2,2-4H3/t24-/m1/s1. The highest BCUT2D eigenvalue weighted by molar-refractivity contribution is 5.52. The fraction of sp³-hybridized carbons (Fsp3) is 0.556. The van der Waals surface area contributed by atoms with Crippen LogP contribution in [-0.4, -0.2) is 24.7 Å². The number of allylic oxidation sites excluding steroid dienone is 4. The summed E-state index contributed by atoms with van der Waals surface area (Å²) in [6.45, 7) is 12.7. The average molecular weight is 407 g/mol. The molecule has 0 bridgehead atoms. The predicted molar refractivity (Wildman–Crippen MR) is 127 cm³/mol. The van der Waals surface area contributed by atoms with Gasteiger partial charge in [0.2, 0.25) is 0 Å². The Bertz CT molecular complexity index is 826. The molecule has 0 aromatic heterocycles. The summed E-state index contributed by atoms with van der Waals surface area (Å²) in [5.74, 6) is 1.83. The molecule has 1 aromatic rings. The van der Waals surface area contributed by atoms with Gasteiger partial charge < -0.3 is 15.0 Å². The lowest BCUT2D eigenvalue weighted by atomic mass is 9.76. The molecule has 0 amide bonds. The monoisotopic (exact) mass is 406 g/mol. The van der Waals surface area contributed by atoms with Crippen LogP contribution in [0.15, 0.2) is 59.8 Å². The normalized spacial score (nSPS) is 22.2. The Hall–Kier alpha value is -2.16. The third-order valence-corrected chi connectivity index (χ3v) is 6.54. The number of nitrogens with one attached hydrogen (secondary N) is 1. The Morgan fingerprint density at radius 1 is 1.17 bits per heavy atom. The number of hydrogen-bond acceptors (Lipinski definition) is 3. The van der Waals surface area contributed by atoms with Gasteiger partial charge in [0, 0.05) is 43.0 Å². The lowest BCUT2D eigenvalue weighted by Gasteiger charge is -2.30. The first-order chi connectivity index (χ1) is 14.4. The highest BCUT2D eigenvalue weighted by atomic mass is 16.5. The van der Waals surface area contributed by atoms with Crippen molar-refractivity contribution in [3.05, 3.63) is 59.8 Å². The molecule has 4 rings (SSSR count). The molecule has 162 valence electrons. The Balaban J connectivity index is 1.27. The zero-order valence-electron chi connectivity index (χ0n) is 19.0. The molecule has 1 aliphatic heterocycles. The molecule has 2 aliphatic carbocycles. The van der Waals surface area contributed by atoms with E-state index in [1.807, 2.05) is 6.07 Å². The predicted octanol–water partition coefficient (Wildman–Crippen LogP) is 6.38. The topological polar surface area (TPSA) is 24.5 Å². The molecular formula is C27H38N2O.